The van der Waals surface area contributed by atoms with Crippen molar-refractivity contribution in [1.82, 2.24) is 10.9 Å². The number of nitrogens with zero attached hydrogens (tertiary/aromatic N) is 2. The highest BCUT2D eigenvalue weighted by atomic mass is 16.2. The van der Waals surface area contributed by atoms with Crippen LogP contribution in [0, 0.1) is 5.92 Å². The molecule has 1 heterocycles. The van der Waals surface area contributed by atoms with Gasteiger partial charge in [0.05, 0.1) is 5.92 Å². The molecule has 0 radical (unpaired) electrons. The molecule has 0 bridgehead atoms. The SMILES string of the molecule is CC1=NNC(=O)[C@H]1CC(=O)N/N=C\C=C\c1ccccc1. The molecule has 1 aromatic rings. The summed E-state index contributed by atoms with van der Waals surface area (Å²) in [5, 5.41) is 7.58. The Balaban J connectivity index is 1.76. The predicted molar refractivity (Wildman–Crippen MR) is 81.5 cm³/mol. The fourth-order valence-electron chi connectivity index (χ4n) is 1.83. The number of rotatable bonds is 5. The number of amides is 2. The minimum absolute atomic E-state index is 0.0426. The number of benzene rings is 1. The van der Waals surface area contributed by atoms with Crippen LogP contribution in [0.1, 0.15) is 18.9 Å². The zero-order valence-corrected chi connectivity index (χ0v) is 11.6. The Hall–Kier alpha value is -2.76. The normalized spacial score (nSPS) is 18.0. The maximum atomic E-state index is 11.6. The molecule has 0 aromatic heterocycles. The summed E-state index contributed by atoms with van der Waals surface area (Å²) in [6, 6.07) is 9.74. The summed E-state index contributed by atoms with van der Waals surface area (Å²) < 4.78 is 0. The quantitative estimate of drug-likeness (QED) is 0.631. The first-order valence-corrected chi connectivity index (χ1v) is 6.54. The zero-order valence-electron chi connectivity index (χ0n) is 11.6. The molecule has 0 aliphatic carbocycles. The molecule has 0 fully saturated rings. The average molecular weight is 284 g/mol. The second-order valence-corrected chi connectivity index (χ2v) is 4.57. The fourth-order valence-corrected chi connectivity index (χ4v) is 1.83. The van der Waals surface area contributed by atoms with E-state index in [-0.39, 0.29) is 18.2 Å². The molecule has 2 rings (SSSR count). The monoisotopic (exact) mass is 284 g/mol. The van der Waals surface area contributed by atoms with Crippen molar-refractivity contribution in [3.63, 3.8) is 0 Å². The Kier molecular flexibility index (Phi) is 4.98. The van der Waals surface area contributed by atoms with Crippen LogP contribution in [0.2, 0.25) is 0 Å². The number of hydrogen-bond donors (Lipinski definition) is 2. The molecule has 6 nitrogen and oxygen atoms in total. The Morgan fingerprint density at radius 3 is 2.86 bits per heavy atom. The van der Waals surface area contributed by atoms with Gasteiger partial charge in [0.1, 0.15) is 0 Å². The van der Waals surface area contributed by atoms with Gasteiger partial charge in [0.25, 0.3) is 0 Å². The van der Waals surface area contributed by atoms with Gasteiger partial charge in [-0.3, -0.25) is 9.59 Å². The summed E-state index contributed by atoms with van der Waals surface area (Å²) in [6.45, 7) is 1.71. The Morgan fingerprint density at radius 2 is 2.19 bits per heavy atom. The van der Waals surface area contributed by atoms with E-state index in [1.54, 1.807) is 13.0 Å². The van der Waals surface area contributed by atoms with E-state index in [0.717, 1.165) is 5.56 Å². The van der Waals surface area contributed by atoms with E-state index >= 15 is 0 Å². The van der Waals surface area contributed by atoms with E-state index in [1.807, 2.05) is 36.4 Å². The van der Waals surface area contributed by atoms with Gasteiger partial charge < -0.3 is 0 Å². The number of hydrogen-bond acceptors (Lipinski definition) is 4. The van der Waals surface area contributed by atoms with Crippen molar-refractivity contribution in [2.24, 2.45) is 16.1 Å². The zero-order chi connectivity index (χ0) is 15.1. The molecule has 0 unspecified atom stereocenters. The van der Waals surface area contributed by atoms with E-state index in [9.17, 15) is 9.59 Å². The Morgan fingerprint density at radius 1 is 1.43 bits per heavy atom. The lowest BCUT2D eigenvalue weighted by Crippen LogP contribution is -2.29. The Bertz CT molecular complexity index is 605. The van der Waals surface area contributed by atoms with Crippen LogP contribution in [-0.2, 0) is 9.59 Å². The predicted octanol–water partition coefficient (Wildman–Crippen LogP) is 1.31. The summed E-state index contributed by atoms with van der Waals surface area (Å²) in [7, 11) is 0. The van der Waals surface area contributed by atoms with Gasteiger partial charge >= 0.3 is 0 Å². The van der Waals surface area contributed by atoms with Crippen molar-refractivity contribution in [2.75, 3.05) is 0 Å². The minimum atomic E-state index is -0.500. The van der Waals surface area contributed by atoms with Gasteiger partial charge in [-0.15, -0.1) is 0 Å². The molecule has 1 aliphatic heterocycles. The first-order chi connectivity index (χ1) is 10.2. The van der Waals surface area contributed by atoms with Gasteiger partial charge in [-0.1, -0.05) is 36.4 Å². The van der Waals surface area contributed by atoms with Crippen LogP contribution in [-0.4, -0.2) is 23.7 Å². The van der Waals surface area contributed by atoms with Crippen LogP contribution in [0.4, 0.5) is 0 Å². The lowest BCUT2D eigenvalue weighted by atomic mass is 10.0. The molecule has 0 saturated carbocycles. The molecule has 2 amide bonds. The molecule has 0 saturated heterocycles. The van der Waals surface area contributed by atoms with Crippen LogP contribution in [0.5, 0.6) is 0 Å². The third-order valence-electron chi connectivity index (χ3n) is 2.99. The van der Waals surface area contributed by atoms with E-state index in [2.05, 4.69) is 21.1 Å². The van der Waals surface area contributed by atoms with Crippen LogP contribution < -0.4 is 10.9 Å². The lowest BCUT2D eigenvalue weighted by molar-refractivity contribution is -0.127. The lowest BCUT2D eigenvalue weighted by Gasteiger charge is -2.05. The van der Waals surface area contributed by atoms with Crippen molar-refractivity contribution >= 4 is 29.8 Å². The van der Waals surface area contributed by atoms with Gasteiger partial charge in [-0.25, -0.2) is 10.9 Å². The molecular formula is C15H16N4O2. The van der Waals surface area contributed by atoms with Crippen LogP contribution in [0.3, 0.4) is 0 Å². The Labute approximate surface area is 122 Å². The van der Waals surface area contributed by atoms with Crippen molar-refractivity contribution in [3.8, 4) is 0 Å². The minimum Gasteiger partial charge on any atom is -0.273 e. The summed E-state index contributed by atoms with van der Waals surface area (Å²) in [6.07, 6.45) is 5.13. The van der Waals surface area contributed by atoms with Crippen molar-refractivity contribution in [2.45, 2.75) is 13.3 Å². The summed E-state index contributed by atoms with van der Waals surface area (Å²) in [5.74, 6) is -1.08. The van der Waals surface area contributed by atoms with Crippen LogP contribution in [0.15, 0.2) is 46.6 Å². The number of allylic oxidation sites excluding steroid dienone is 1. The summed E-state index contributed by atoms with van der Waals surface area (Å²) in [4.78, 5) is 23.0. The van der Waals surface area contributed by atoms with E-state index in [1.165, 1.54) is 6.21 Å². The number of hydrazone groups is 2. The molecule has 1 atom stereocenters. The third kappa shape index (κ3) is 4.38. The molecule has 1 aliphatic rings. The smallest absolute Gasteiger partial charge is 0.249 e. The molecule has 1 aromatic carbocycles. The van der Waals surface area contributed by atoms with Gasteiger partial charge in [0.15, 0.2) is 0 Å². The highest BCUT2D eigenvalue weighted by Gasteiger charge is 2.28. The van der Waals surface area contributed by atoms with E-state index in [4.69, 9.17) is 0 Å². The molecule has 108 valence electrons. The second kappa shape index (κ2) is 7.14. The number of carbonyl (C=O) groups is 2. The average Bonchev–Trinajstić information content (AvgIpc) is 2.80. The largest absolute Gasteiger partial charge is 0.273 e. The van der Waals surface area contributed by atoms with E-state index in [0.29, 0.717) is 5.71 Å². The summed E-state index contributed by atoms with van der Waals surface area (Å²) in [5.41, 5.74) is 6.38. The number of nitrogens with one attached hydrogen (secondary N) is 2. The molecule has 2 N–H and O–H groups in total. The first kappa shape index (κ1) is 14.6. The maximum absolute atomic E-state index is 11.6. The van der Waals surface area contributed by atoms with Crippen molar-refractivity contribution in [3.05, 3.63) is 42.0 Å². The van der Waals surface area contributed by atoms with Crippen LogP contribution in [0.25, 0.3) is 6.08 Å². The van der Waals surface area contributed by atoms with Crippen molar-refractivity contribution in [1.29, 1.82) is 0 Å². The third-order valence-corrected chi connectivity index (χ3v) is 2.99. The molecule has 21 heavy (non-hydrogen) atoms. The van der Waals surface area contributed by atoms with Gasteiger partial charge in [0, 0.05) is 18.3 Å². The standard InChI is InChI=1S/C15H16N4O2/c1-11-13(15(21)19-17-11)10-14(20)18-16-9-5-8-12-6-3-2-4-7-12/h2-9,13H,10H2,1H3,(H,18,20)(H,19,21)/b8-5+,16-9-/t13-/m0/s1. The topological polar surface area (TPSA) is 82.9 Å². The molecule has 6 heteroatoms. The first-order valence-electron chi connectivity index (χ1n) is 6.54. The molecule has 0 spiro atoms. The highest BCUT2D eigenvalue weighted by Crippen LogP contribution is 2.11. The van der Waals surface area contributed by atoms with Gasteiger partial charge in [0.2, 0.25) is 11.8 Å². The van der Waals surface area contributed by atoms with E-state index < -0.39 is 5.92 Å². The van der Waals surface area contributed by atoms with Gasteiger partial charge in [-0.05, 0) is 18.6 Å². The van der Waals surface area contributed by atoms with Crippen molar-refractivity contribution < 1.29 is 9.59 Å². The number of carbonyl (C=O) groups excluding carboxylic acids is 2. The van der Waals surface area contributed by atoms with Gasteiger partial charge in [-0.2, -0.15) is 10.2 Å². The summed E-state index contributed by atoms with van der Waals surface area (Å²) >= 11 is 0. The maximum Gasteiger partial charge on any atom is 0.249 e. The second-order valence-electron chi connectivity index (χ2n) is 4.57. The molecular weight excluding hydrogens is 268 g/mol. The fraction of sp³-hybridized carbons (Fsp3) is 0.200. The van der Waals surface area contributed by atoms with Crippen LogP contribution >= 0.6 is 0 Å². The highest BCUT2D eigenvalue weighted by molar-refractivity contribution is 6.09.